The lowest BCUT2D eigenvalue weighted by Crippen LogP contribution is -2.30. The van der Waals surface area contributed by atoms with Crippen LogP contribution < -0.4 is 10.0 Å². The summed E-state index contributed by atoms with van der Waals surface area (Å²) in [7, 11) is -3.71. The van der Waals surface area contributed by atoms with E-state index in [1.165, 1.54) is 16.7 Å². The van der Waals surface area contributed by atoms with Crippen LogP contribution in [-0.4, -0.2) is 30.1 Å². The summed E-state index contributed by atoms with van der Waals surface area (Å²) in [4.78, 5) is 3.85. The van der Waals surface area contributed by atoms with Gasteiger partial charge in [-0.05, 0) is 19.1 Å². The first-order chi connectivity index (χ1) is 8.55. The van der Waals surface area contributed by atoms with Crippen molar-refractivity contribution in [2.75, 3.05) is 16.6 Å². The number of pyridine rings is 1. The Morgan fingerprint density at radius 1 is 1.33 bits per heavy atom. The lowest BCUT2D eigenvalue weighted by Gasteiger charge is -2.20. The molecule has 0 amide bonds. The van der Waals surface area contributed by atoms with Gasteiger partial charge in [0.2, 0.25) is 5.13 Å². The van der Waals surface area contributed by atoms with Gasteiger partial charge in [0.15, 0.2) is 0 Å². The van der Waals surface area contributed by atoms with E-state index >= 15 is 0 Å². The smallest absolute Gasteiger partial charge is 0.293 e. The fraction of sp³-hybridized carbons (Fsp3) is 0.222. The molecule has 0 atom stereocenters. The van der Waals surface area contributed by atoms with E-state index in [9.17, 15) is 8.42 Å². The molecule has 7 nitrogen and oxygen atoms in total. The lowest BCUT2D eigenvalue weighted by molar-refractivity contribution is 0.590. The van der Waals surface area contributed by atoms with E-state index in [1.54, 1.807) is 19.1 Å². The van der Waals surface area contributed by atoms with Crippen molar-refractivity contribution in [3.63, 3.8) is 0 Å². The Hall–Kier alpha value is -1.74. The van der Waals surface area contributed by atoms with Gasteiger partial charge in [0.1, 0.15) is 0 Å². The molecule has 2 rings (SSSR count). The lowest BCUT2D eigenvalue weighted by atomic mass is 10.4. The maximum Gasteiger partial charge on any atom is 0.293 e. The molecule has 0 aliphatic carbocycles. The zero-order valence-corrected chi connectivity index (χ0v) is 11.1. The van der Waals surface area contributed by atoms with Crippen LogP contribution in [-0.2, 0) is 10.0 Å². The Labute approximate surface area is 108 Å². The average Bonchev–Trinajstić information content (AvgIpc) is 2.78. The molecule has 0 saturated heterocycles. The van der Waals surface area contributed by atoms with E-state index in [0.29, 0.717) is 5.69 Å². The van der Waals surface area contributed by atoms with Crippen LogP contribution in [0.3, 0.4) is 0 Å². The Balaban J connectivity index is 2.45. The van der Waals surface area contributed by atoms with E-state index in [0.717, 1.165) is 11.3 Å². The van der Waals surface area contributed by atoms with Crippen molar-refractivity contribution in [3.8, 4) is 0 Å². The quantitative estimate of drug-likeness (QED) is 0.888. The van der Waals surface area contributed by atoms with Gasteiger partial charge in [-0.2, -0.15) is 8.42 Å². The fourth-order valence-corrected chi connectivity index (χ4v) is 3.78. The number of sulfonamides is 1. The van der Waals surface area contributed by atoms with Crippen LogP contribution in [0.4, 0.5) is 10.8 Å². The molecule has 0 saturated carbocycles. The first-order valence-corrected chi connectivity index (χ1v) is 7.33. The van der Waals surface area contributed by atoms with Gasteiger partial charge < -0.3 is 5.73 Å². The fourth-order valence-electron chi connectivity index (χ4n) is 1.42. The van der Waals surface area contributed by atoms with Crippen LogP contribution >= 0.6 is 11.3 Å². The van der Waals surface area contributed by atoms with Crippen LogP contribution in [0.25, 0.3) is 0 Å². The third-order valence-electron chi connectivity index (χ3n) is 2.17. The second-order valence-corrected chi connectivity index (χ2v) is 6.33. The number of anilines is 2. The highest BCUT2D eigenvalue weighted by molar-refractivity contribution is 7.94. The highest BCUT2D eigenvalue weighted by atomic mass is 32.2. The molecule has 18 heavy (non-hydrogen) atoms. The molecular weight excluding hydrogens is 274 g/mol. The monoisotopic (exact) mass is 285 g/mol. The van der Waals surface area contributed by atoms with Gasteiger partial charge in [0.05, 0.1) is 5.69 Å². The molecule has 0 aliphatic rings. The van der Waals surface area contributed by atoms with E-state index in [4.69, 9.17) is 5.73 Å². The predicted octanol–water partition coefficient (Wildman–Crippen LogP) is 0.730. The van der Waals surface area contributed by atoms with Crippen molar-refractivity contribution in [1.29, 1.82) is 0 Å². The van der Waals surface area contributed by atoms with Crippen molar-refractivity contribution >= 4 is 32.2 Å². The number of nitrogens with zero attached hydrogens (tertiary/aromatic N) is 4. The summed E-state index contributed by atoms with van der Waals surface area (Å²) in [5, 5.41) is 7.23. The third-order valence-corrected chi connectivity index (χ3v) is 5.17. The van der Waals surface area contributed by atoms with E-state index in [2.05, 4.69) is 15.2 Å². The zero-order valence-electron chi connectivity index (χ0n) is 9.52. The van der Waals surface area contributed by atoms with Crippen molar-refractivity contribution in [2.24, 2.45) is 0 Å². The van der Waals surface area contributed by atoms with Gasteiger partial charge in [-0.3, -0.25) is 9.29 Å². The van der Waals surface area contributed by atoms with Gasteiger partial charge in [0.25, 0.3) is 14.4 Å². The van der Waals surface area contributed by atoms with Crippen molar-refractivity contribution in [3.05, 3.63) is 24.5 Å². The predicted molar refractivity (Wildman–Crippen MR) is 68.8 cm³/mol. The number of nitrogens with two attached hydrogens (primary N) is 1. The second-order valence-electron chi connectivity index (χ2n) is 3.28. The summed E-state index contributed by atoms with van der Waals surface area (Å²) >= 11 is 0.843. The summed E-state index contributed by atoms with van der Waals surface area (Å²) in [6, 6.07) is 3.23. The average molecular weight is 285 g/mol. The minimum absolute atomic E-state index is 0.112. The molecule has 0 spiro atoms. The molecule has 0 unspecified atom stereocenters. The molecule has 2 aromatic heterocycles. The SMILES string of the molecule is CCN(c1ccncc1)S(=O)(=O)c1nnc(N)s1. The van der Waals surface area contributed by atoms with Crippen molar-refractivity contribution < 1.29 is 8.42 Å². The van der Waals surface area contributed by atoms with Crippen LogP contribution in [0.15, 0.2) is 28.9 Å². The highest BCUT2D eigenvalue weighted by Crippen LogP contribution is 2.25. The molecule has 0 aromatic carbocycles. The summed E-state index contributed by atoms with van der Waals surface area (Å²) in [5.41, 5.74) is 5.94. The summed E-state index contributed by atoms with van der Waals surface area (Å²) < 4.78 is 25.8. The summed E-state index contributed by atoms with van der Waals surface area (Å²) in [5.74, 6) is 0. The van der Waals surface area contributed by atoms with E-state index < -0.39 is 10.0 Å². The van der Waals surface area contributed by atoms with Gasteiger partial charge in [-0.15, -0.1) is 10.2 Å². The zero-order chi connectivity index (χ0) is 13.2. The first-order valence-electron chi connectivity index (χ1n) is 5.07. The molecular formula is C9H11N5O2S2. The first kappa shape index (κ1) is 12.7. The molecule has 96 valence electrons. The molecule has 9 heteroatoms. The highest BCUT2D eigenvalue weighted by Gasteiger charge is 2.27. The largest absolute Gasteiger partial charge is 0.374 e. The third kappa shape index (κ3) is 2.27. The molecule has 0 radical (unpaired) electrons. The number of hydrogen-bond donors (Lipinski definition) is 1. The minimum Gasteiger partial charge on any atom is -0.374 e. The summed E-state index contributed by atoms with van der Waals surface area (Å²) in [6.45, 7) is 2.02. The van der Waals surface area contributed by atoms with Crippen LogP contribution in [0.1, 0.15) is 6.92 Å². The van der Waals surface area contributed by atoms with E-state index in [1.807, 2.05) is 0 Å². The Kier molecular flexibility index (Phi) is 3.43. The van der Waals surface area contributed by atoms with Crippen LogP contribution in [0.5, 0.6) is 0 Å². The Morgan fingerprint density at radius 3 is 2.50 bits per heavy atom. The maximum atomic E-state index is 12.3. The van der Waals surface area contributed by atoms with Crippen LogP contribution in [0.2, 0.25) is 0 Å². The van der Waals surface area contributed by atoms with E-state index in [-0.39, 0.29) is 16.0 Å². The Bertz CT molecular complexity index is 625. The Morgan fingerprint density at radius 2 is 2.00 bits per heavy atom. The van der Waals surface area contributed by atoms with Crippen LogP contribution in [0, 0.1) is 0 Å². The number of hydrogen-bond acceptors (Lipinski definition) is 7. The van der Waals surface area contributed by atoms with Crippen molar-refractivity contribution in [1.82, 2.24) is 15.2 Å². The molecule has 2 heterocycles. The minimum atomic E-state index is -3.71. The number of aromatic nitrogens is 3. The topological polar surface area (TPSA) is 102 Å². The van der Waals surface area contributed by atoms with Gasteiger partial charge >= 0.3 is 0 Å². The second kappa shape index (κ2) is 4.86. The molecule has 0 aliphatic heterocycles. The maximum absolute atomic E-state index is 12.3. The molecule has 2 aromatic rings. The summed E-state index contributed by atoms with van der Waals surface area (Å²) in [6.07, 6.45) is 3.06. The normalized spacial score (nSPS) is 11.4. The van der Waals surface area contributed by atoms with Gasteiger partial charge in [0, 0.05) is 18.9 Å². The van der Waals surface area contributed by atoms with Gasteiger partial charge in [-0.25, -0.2) is 0 Å². The molecule has 0 bridgehead atoms. The van der Waals surface area contributed by atoms with Crippen molar-refractivity contribution in [2.45, 2.75) is 11.3 Å². The van der Waals surface area contributed by atoms with Gasteiger partial charge in [-0.1, -0.05) is 11.3 Å². The molecule has 0 fully saturated rings. The number of rotatable bonds is 4. The number of nitrogen functional groups attached to an aromatic ring is 1. The standard InChI is InChI=1S/C9H11N5O2S2/c1-2-14(7-3-5-11-6-4-7)18(15,16)9-13-12-8(10)17-9/h3-6H,2H2,1H3,(H2,10,12). The molecule has 2 N–H and O–H groups in total.